The molecule has 3 aromatic carbocycles. The average Bonchev–Trinajstić information content (AvgIpc) is 3.48. The summed E-state index contributed by atoms with van der Waals surface area (Å²) in [6, 6.07) is 19.5. The van der Waals surface area contributed by atoms with Crippen LogP contribution in [-0.4, -0.2) is 50.0 Å². The fourth-order valence-corrected chi connectivity index (χ4v) is 6.41. The average molecular weight is 612 g/mol. The smallest absolute Gasteiger partial charge is 0.243 e. The first-order chi connectivity index (χ1) is 20.5. The molecule has 230 valence electrons. The van der Waals surface area contributed by atoms with Gasteiger partial charge in [-0.2, -0.15) is 0 Å². The first-order valence-electron chi connectivity index (χ1n) is 14.6. The number of carbonyl (C=O) groups excluding carboxylic acids is 2. The third-order valence-electron chi connectivity index (χ3n) is 7.79. The molecular formula is C33H39F2N3O4S. The number of sulfonamides is 1. The topological polar surface area (TPSA) is 86.8 Å². The number of anilines is 1. The van der Waals surface area contributed by atoms with E-state index in [1.807, 2.05) is 61.5 Å². The van der Waals surface area contributed by atoms with Crippen LogP contribution in [0.1, 0.15) is 55.2 Å². The predicted molar refractivity (Wildman–Crippen MR) is 164 cm³/mol. The third-order valence-corrected chi connectivity index (χ3v) is 8.98. The second-order valence-corrected chi connectivity index (χ2v) is 13.1. The van der Waals surface area contributed by atoms with Crippen molar-refractivity contribution in [2.45, 2.75) is 70.5 Å². The normalized spacial score (nSPS) is 14.3. The van der Waals surface area contributed by atoms with E-state index in [1.54, 1.807) is 4.90 Å². The summed E-state index contributed by atoms with van der Waals surface area (Å²) in [5.74, 6) is -2.76. The van der Waals surface area contributed by atoms with Gasteiger partial charge >= 0.3 is 0 Å². The van der Waals surface area contributed by atoms with Crippen LogP contribution in [0.2, 0.25) is 0 Å². The van der Waals surface area contributed by atoms with Gasteiger partial charge in [-0.25, -0.2) is 17.2 Å². The summed E-state index contributed by atoms with van der Waals surface area (Å²) in [5, 5.41) is 3.17. The standard InChI is InChI=1S/C33H39F2N3O4S/c1-24-14-16-26(17-15-24)23-37(31(21-25-9-4-3-5-10-25)33(40)36-27-11-6-7-12-27)32(39)13-8-20-38(43(2,41)42)28-18-19-29(34)30(35)22-28/h3-5,9-10,14-19,22,27,31H,6-8,11-13,20-21,23H2,1-2H3,(H,36,40)/t31-/m1/s1. The zero-order valence-corrected chi connectivity index (χ0v) is 25.5. The number of carbonyl (C=O) groups is 2. The summed E-state index contributed by atoms with van der Waals surface area (Å²) >= 11 is 0. The van der Waals surface area contributed by atoms with Gasteiger partial charge < -0.3 is 10.2 Å². The Balaban J connectivity index is 1.58. The lowest BCUT2D eigenvalue weighted by Gasteiger charge is -2.33. The Morgan fingerprint density at radius 2 is 1.60 bits per heavy atom. The Kier molecular flexibility index (Phi) is 10.9. The van der Waals surface area contributed by atoms with Crippen LogP contribution in [0.4, 0.5) is 14.5 Å². The molecule has 1 atom stereocenters. The maximum Gasteiger partial charge on any atom is 0.243 e. The molecule has 3 aromatic rings. The molecule has 0 saturated heterocycles. The molecule has 1 N–H and O–H groups in total. The molecule has 0 aromatic heterocycles. The molecule has 0 spiro atoms. The molecule has 10 heteroatoms. The Hall–Kier alpha value is -3.79. The third kappa shape index (κ3) is 9.10. The van der Waals surface area contributed by atoms with E-state index in [9.17, 15) is 26.8 Å². The molecule has 1 fully saturated rings. The van der Waals surface area contributed by atoms with Gasteiger partial charge in [0, 0.05) is 38.0 Å². The molecule has 7 nitrogen and oxygen atoms in total. The van der Waals surface area contributed by atoms with Gasteiger partial charge in [0.2, 0.25) is 21.8 Å². The monoisotopic (exact) mass is 611 g/mol. The van der Waals surface area contributed by atoms with E-state index in [1.165, 1.54) is 6.07 Å². The molecule has 2 amide bonds. The first-order valence-corrected chi connectivity index (χ1v) is 16.5. The molecule has 0 bridgehead atoms. The van der Waals surface area contributed by atoms with E-state index in [-0.39, 0.29) is 49.5 Å². The van der Waals surface area contributed by atoms with Crippen molar-refractivity contribution < 1.29 is 26.8 Å². The summed E-state index contributed by atoms with van der Waals surface area (Å²) in [6.07, 6.45) is 5.26. The van der Waals surface area contributed by atoms with Gasteiger partial charge in [-0.1, -0.05) is 73.0 Å². The molecule has 1 aliphatic rings. The zero-order chi connectivity index (χ0) is 31.0. The van der Waals surface area contributed by atoms with E-state index in [4.69, 9.17) is 0 Å². The van der Waals surface area contributed by atoms with Crippen molar-refractivity contribution in [3.63, 3.8) is 0 Å². The quantitative estimate of drug-likeness (QED) is 0.276. The highest BCUT2D eigenvalue weighted by Crippen LogP contribution is 2.23. The highest BCUT2D eigenvalue weighted by atomic mass is 32.2. The predicted octanol–water partition coefficient (Wildman–Crippen LogP) is 5.52. The summed E-state index contributed by atoms with van der Waals surface area (Å²) < 4.78 is 53.4. The van der Waals surface area contributed by atoms with Crippen LogP contribution >= 0.6 is 0 Å². The number of nitrogens with zero attached hydrogens (tertiary/aromatic N) is 2. The number of benzene rings is 3. The molecular weight excluding hydrogens is 572 g/mol. The molecule has 0 unspecified atom stereocenters. The van der Waals surface area contributed by atoms with E-state index in [2.05, 4.69) is 5.32 Å². The summed E-state index contributed by atoms with van der Waals surface area (Å²) in [7, 11) is -3.85. The van der Waals surface area contributed by atoms with E-state index >= 15 is 0 Å². The van der Waals surface area contributed by atoms with Gasteiger partial charge in [0.05, 0.1) is 11.9 Å². The van der Waals surface area contributed by atoms with E-state index < -0.39 is 27.7 Å². The Morgan fingerprint density at radius 1 is 0.930 bits per heavy atom. The van der Waals surface area contributed by atoms with E-state index in [0.29, 0.717) is 6.42 Å². The molecule has 0 radical (unpaired) electrons. The fraction of sp³-hybridized carbons (Fsp3) is 0.394. The molecule has 43 heavy (non-hydrogen) atoms. The van der Waals surface area contributed by atoms with Gasteiger partial charge in [0.25, 0.3) is 0 Å². The summed E-state index contributed by atoms with van der Waals surface area (Å²) in [4.78, 5) is 29.3. The molecule has 0 heterocycles. The lowest BCUT2D eigenvalue weighted by atomic mass is 10.0. The fourth-order valence-electron chi connectivity index (χ4n) is 5.46. The highest BCUT2D eigenvalue weighted by Gasteiger charge is 2.32. The number of nitrogens with one attached hydrogen (secondary N) is 1. The molecule has 1 aliphatic carbocycles. The number of amides is 2. The van der Waals surface area contributed by atoms with Crippen molar-refractivity contribution in [1.29, 1.82) is 0 Å². The molecule has 1 saturated carbocycles. The van der Waals surface area contributed by atoms with Crippen LogP contribution in [-0.2, 0) is 32.6 Å². The number of rotatable bonds is 13. The zero-order valence-electron chi connectivity index (χ0n) is 24.6. The Labute approximate surface area is 252 Å². The van der Waals surface area contributed by atoms with Crippen LogP contribution in [0.3, 0.4) is 0 Å². The second kappa shape index (κ2) is 14.6. The van der Waals surface area contributed by atoms with Crippen LogP contribution < -0.4 is 9.62 Å². The van der Waals surface area contributed by atoms with Crippen LogP contribution in [0, 0.1) is 18.6 Å². The number of aryl methyl sites for hydroxylation is 1. The van der Waals surface area contributed by atoms with Crippen molar-refractivity contribution in [2.24, 2.45) is 0 Å². The van der Waals surface area contributed by atoms with Crippen molar-refractivity contribution in [3.8, 4) is 0 Å². The first kappa shape index (κ1) is 32.1. The van der Waals surface area contributed by atoms with Crippen LogP contribution in [0.5, 0.6) is 0 Å². The van der Waals surface area contributed by atoms with Gasteiger partial charge in [0.15, 0.2) is 11.6 Å². The van der Waals surface area contributed by atoms with Crippen molar-refractivity contribution in [2.75, 3.05) is 17.1 Å². The lowest BCUT2D eigenvalue weighted by Crippen LogP contribution is -2.52. The molecule has 4 rings (SSSR count). The Bertz CT molecular complexity index is 1490. The summed E-state index contributed by atoms with van der Waals surface area (Å²) in [5.41, 5.74) is 2.82. The van der Waals surface area contributed by atoms with Crippen LogP contribution in [0.15, 0.2) is 72.8 Å². The van der Waals surface area contributed by atoms with Crippen LogP contribution in [0.25, 0.3) is 0 Å². The highest BCUT2D eigenvalue weighted by molar-refractivity contribution is 7.92. The van der Waals surface area contributed by atoms with Crippen molar-refractivity contribution in [3.05, 3.63) is 101 Å². The van der Waals surface area contributed by atoms with Gasteiger partial charge in [-0.15, -0.1) is 0 Å². The van der Waals surface area contributed by atoms with Gasteiger partial charge in [0.1, 0.15) is 6.04 Å². The Morgan fingerprint density at radius 3 is 2.23 bits per heavy atom. The minimum atomic E-state index is -3.85. The number of halogens is 2. The SMILES string of the molecule is Cc1ccc(CN(C(=O)CCCN(c2ccc(F)c(F)c2)S(C)(=O)=O)[C@H](Cc2ccccc2)C(=O)NC2CCCC2)cc1. The number of hydrogen-bond acceptors (Lipinski definition) is 4. The largest absolute Gasteiger partial charge is 0.352 e. The van der Waals surface area contributed by atoms with Gasteiger partial charge in [-0.05, 0) is 49.4 Å². The maximum absolute atomic E-state index is 13.9. The van der Waals surface area contributed by atoms with E-state index in [0.717, 1.165) is 65.1 Å². The van der Waals surface area contributed by atoms with Gasteiger partial charge in [-0.3, -0.25) is 13.9 Å². The summed E-state index contributed by atoms with van der Waals surface area (Å²) in [6.45, 7) is 2.06. The number of hydrogen-bond donors (Lipinski definition) is 1. The lowest BCUT2D eigenvalue weighted by molar-refractivity contribution is -0.141. The molecule has 0 aliphatic heterocycles. The maximum atomic E-state index is 13.9. The van der Waals surface area contributed by atoms with Crippen molar-refractivity contribution >= 4 is 27.5 Å². The minimum absolute atomic E-state index is 0.0248. The van der Waals surface area contributed by atoms with Crippen molar-refractivity contribution in [1.82, 2.24) is 10.2 Å². The second-order valence-electron chi connectivity index (χ2n) is 11.2. The minimum Gasteiger partial charge on any atom is -0.352 e.